The smallest absolute Gasteiger partial charge is 0.261 e. The first-order valence-corrected chi connectivity index (χ1v) is 11.9. The predicted molar refractivity (Wildman–Crippen MR) is 93.6 cm³/mol. The Labute approximate surface area is 146 Å². The number of nitrogens with two attached hydrogens (primary N) is 1. The van der Waals surface area contributed by atoms with E-state index in [0.717, 1.165) is 12.3 Å². The maximum absolute atomic E-state index is 12.4. The van der Waals surface area contributed by atoms with Crippen molar-refractivity contribution < 1.29 is 25.3 Å². The van der Waals surface area contributed by atoms with Gasteiger partial charge in [0.1, 0.15) is 0 Å². The van der Waals surface area contributed by atoms with Crippen molar-refractivity contribution >= 4 is 35.6 Å². The van der Waals surface area contributed by atoms with E-state index in [9.17, 15) is 25.3 Å². The van der Waals surface area contributed by atoms with Crippen LogP contribution in [0.4, 0.5) is 5.69 Å². The number of hydrogen-bond acceptors (Lipinski definition) is 6. The molecule has 0 aliphatic rings. The molecule has 0 radical (unpaired) electrons. The van der Waals surface area contributed by atoms with Crippen molar-refractivity contribution in [2.75, 3.05) is 11.0 Å². The third-order valence-corrected chi connectivity index (χ3v) is 6.32. The van der Waals surface area contributed by atoms with Crippen molar-refractivity contribution in [3.05, 3.63) is 54.1 Å². The Bertz CT molecular complexity index is 1110. The van der Waals surface area contributed by atoms with Gasteiger partial charge in [-0.15, -0.1) is 0 Å². The van der Waals surface area contributed by atoms with Gasteiger partial charge in [-0.05, 0) is 35.9 Å². The van der Waals surface area contributed by atoms with E-state index in [1.54, 1.807) is 0 Å². The third-order valence-electron chi connectivity index (χ3n) is 3.09. The minimum atomic E-state index is -4.05. The lowest BCUT2D eigenvalue weighted by Crippen LogP contribution is -2.16. The molecule has 0 saturated heterocycles. The number of sulfone groups is 1. The Morgan fingerprint density at radius 3 is 2.08 bits per heavy atom. The molecule has 0 atom stereocenters. The summed E-state index contributed by atoms with van der Waals surface area (Å²) in [7, 11) is -11.4. The monoisotopic (exact) mass is 404 g/mol. The number of sulfonamides is 2. The second kappa shape index (κ2) is 6.75. The van der Waals surface area contributed by atoms with E-state index >= 15 is 0 Å². The first kappa shape index (κ1) is 19.4. The minimum absolute atomic E-state index is 0.127. The van der Waals surface area contributed by atoms with Gasteiger partial charge in [0.25, 0.3) is 10.0 Å². The van der Waals surface area contributed by atoms with Crippen LogP contribution in [0.2, 0.25) is 0 Å². The van der Waals surface area contributed by atoms with E-state index in [1.807, 2.05) is 0 Å². The SMILES string of the molecule is CS(=O)(=O)c1cccc(S(=O)(=O)Nc2cccc(CS(N)(=O)=O)c2)c1. The predicted octanol–water partition coefficient (Wildman–Crippen LogP) is 0.679. The topological polar surface area (TPSA) is 140 Å². The van der Waals surface area contributed by atoms with Crippen LogP contribution in [0, 0.1) is 0 Å². The normalized spacial score (nSPS) is 12.7. The van der Waals surface area contributed by atoms with Crippen LogP contribution >= 0.6 is 0 Å². The molecule has 3 N–H and O–H groups in total. The van der Waals surface area contributed by atoms with Crippen LogP contribution in [-0.2, 0) is 35.6 Å². The molecule has 0 unspecified atom stereocenters. The van der Waals surface area contributed by atoms with Crippen LogP contribution in [0.5, 0.6) is 0 Å². The van der Waals surface area contributed by atoms with E-state index in [2.05, 4.69) is 4.72 Å². The summed E-state index contributed by atoms with van der Waals surface area (Å²) in [5.74, 6) is -0.438. The Balaban J connectivity index is 2.35. The Hall–Kier alpha value is -1.95. The lowest BCUT2D eigenvalue weighted by atomic mass is 10.2. The number of rotatable bonds is 6. The molecule has 2 aromatic carbocycles. The van der Waals surface area contributed by atoms with Crippen molar-refractivity contribution in [1.82, 2.24) is 0 Å². The quantitative estimate of drug-likeness (QED) is 0.725. The maximum Gasteiger partial charge on any atom is 0.261 e. The van der Waals surface area contributed by atoms with Gasteiger partial charge in [0.15, 0.2) is 9.84 Å². The van der Waals surface area contributed by atoms with Gasteiger partial charge >= 0.3 is 0 Å². The summed E-state index contributed by atoms with van der Waals surface area (Å²) in [4.78, 5) is -0.356. The van der Waals surface area contributed by atoms with Gasteiger partial charge in [0.05, 0.1) is 15.5 Å². The number of anilines is 1. The van der Waals surface area contributed by atoms with Crippen molar-refractivity contribution in [3.8, 4) is 0 Å². The van der Waals surface area contributed by atoms with Gasteiger partial charge in [-0.3, -0.25) is 4.72 Å². The number of nitrogens with one attached hydrogen (secondary N) is 1. The van der Waals surface area contributed by atoms with Gasteiger partial charge in [-0.2, -0.15) is 0 Å². The fourth-order valence-corrected chi connectivity index (χ4v) is 4.52. The Morgan fingerprint density at radius 1 is 0.880 bits per heavy atom. The summed E-state index contributed by atoms with van der Waals surface area (Å²) in [5, 5.41) is 4.97. The van der Waals surface area contributed by atoms with Gasteiger partial charge in [0, 0.05) is 11.9 Å². The van der Waals surface area contributed by atoms with E-state index in [0.29, 0.717) is 5.56 Å². The zero-order valence-electron chi connectivity index (χ0n) is 13.1. The molecule has 25 heavy (non-hydrogen) atoms. The lowest BCUT2D eigenvalue weighted by Gasteiger charge is -2.10. The molecule has 0 bridgehead atoms. The standard InChI is InChI=1S/C14H16N2O6S3/c1-23(17,18)13-6-3-7-14(9-13)25(21,22)16-12-5-2-4-11(8-12)10-24(15,19)20/h2-9,16H,10H2,1H3,(H2,15,19,20). The summed E-state index contributed by atoms with van der Waals surface area (Å²) in [6.07, 6.45) is 0.975. The summed E-state index contributed by atoms with van der Waals surface area (Å²) >= 11 is 0. The van der Waals surface area contributed by atoms with E-state index in [-0.39, 0.29) is 15.5 Å². The first-order chi connectivity index (χ1) is 11.4. The third kappa shape index (κ3) is 5.53. The highest BCUT2D eigenvalue weighted by Crippen LogP contribution is 2.20. The summed E-state index contributed by atoms with van der Waals surface area (Å²) < 4.78 is 72.5. The molecule has 0 aliphatic heterocycles. The molecule has 0 aliphatic carbocycles. The molecule has 2 rings (SSSR count). The largest absolute Gasteiger partial charge is 0.280 e. The molecule has 0 amide bonds. The average Bonchev–Trinajstić information content (AvgIpc) is 2.44. The second-order valence-electron chi connectivity index (χ2n) is 5.36. The molecule has 0 spiro atoms. The summed E-state index contributed by atoms with van der Waals surface area (Å²) in [5.41, 5.74) is 0.443. The molecular weight excluding hydrogens is 388 g/mol. The molecule has 136 valence electrons. The average molecular weight is 404 g/mol. The number of primary sulfonamides is 1. The molecule has 0 aromatic heterocycles. The fraction of sp³-hybridized carbons (Fsp3) is 0.143. The van der Waals surface area contributed by atoms with Crippen LogP contribution in [0.25, 0.3) is 0 Å². The van der Waals surface area contributed by atoms with Gasteiger partial charge < -0.3 is 0 Å². The number of hydrogen-bond donors (Lipinski definition) is 2. The van der Waals surface area contributed by atoms with Crippen LogP contribution in [-0.4, -0.2) is 31.5 Å². The molecule has 8 nitrogen and oxygen atoms in total. The lowest BCUT2D eigenvalue weighted by molar-refractivity contribution is 0.595. The zero-order valence-corrected chi connectivity index (χ0v) is 15.5. The summed E-state index contributed by atoms with van der Waals surface area (Å²) in [6.45, 7) is 0. The van der Waals surface area contributed by atoms with E-state index < -0.39 is 35.6 Å². The Morgan fingerprint density at radius 2 is 1.48 bits per heavy atom. The first-order valence-electron chi connectivity index (χ1n) is 6.79. The molecular formula is C14H16N2O6S3. The van der Waals surface area contributed by atoms with Crippen molar-refractivity contribution in [2.45, 2.75) is 15.5 Å². The second-order valence-corrected chi connectivity index (χ2v) is 10.7. The maximum atomic E-state index is 12.4. The highest BCUT2D eigenvalue weighted by molar-refractivity contribution is 7.93. The molecule has 11 heteroatoms. The van der Waals surface area contributed by atoms with Crippen molar-refractivity contribution in [1.29, 1.82) is 0 Å². The van der Waals surface area contributed by atoms with Crippen LogP contribution in [0.3, 0.4) is 0 Å². The molecule has 2 aromatic rings. The summed E-state index contributed by atoms with van der Waals surface area (Å²) in [6, 6.07) is 10.7. The van der Waals surface area contributed by atoms with Crippen LogP contribution in [0.1, 0.15) is 5.56 Å². The highest BCUT2D eigenvalue weighted by atomic mass is 32.2. The minimum Gasteiger partial charge on any atom is -0.280 e. The van der Waals surface area contributed by atoms with Crippen molar-refractivity contribution in [3.63, 3.8) is 0 Å². The molecule has 0 saturated carbocycles. The molecule has 0 heterocycles. The van der Waals surface area contributed by atoms with Gasteiger partial charge in [0.2, 0.25) is 10.0 Å². The van der Waals surface area contributed by atoms with Crippen LogP contribution < -0.4 is 9.86 Å². The number of benzene rings is 2. The van der Waals surface area contributed by atoms with Gasteiger partial charge in [-0.25, -0.2) is 30.4 Å². The zero-order chi connectivity index (χ0) is 18.9. The van der Waals surface area contributed by atoms with Gasteiger partial charge in [-0.1, -0.05) is 18.2 Å². The van der Waals surface area contributed by atoms with E-state index in [1.165, 1.54) is 42.5 Å². The Kier molecular flexibility index (Phi) is 5.23. The molecule has 0 fully saturated rings. The van der Waals surface area contributed by atoms with Crippen LogP contribution in [0.15, 0.2) is 58.3 Å². The fourth-order valence-electron chi connectivity index (χ4n) is 2.04. The highest BCUT2D eigenvalue weighted by Gasteiger charge is 2.17. The van der Waals surface area contributed by atoms with E-state index in [4.69, 9.17) is 5.14 Å². The van der Waals surface area contributed by atoms with Crippen molar-refractivity contribution in [2.24, 2.45) is 5.14 Å².